The van der Waals surface area contributed by atoms with E-state index in [0.29, 0.717) is 12.2 Å². The van der Waals surface area contributed by atoms with Crippen molar-refractivity contribution in [2.45, 2.75) is 20.8 Å². The molecule has 0 heterocycles. The number of methoxy groups -OCH3 is 1. The van der Waals surface area contributed by atoms with Crippen LogP contribution in [0.25, 0.3) is 0 Å². The predicted octanol–water partition coefficient (Wildman–Crippen LogP) is 2.39. The number of nitrogen functional groups attached to an aromatic ring is 1. The summed E-state index contributed by atoms with van der Waals surface area (Å²) in [6, 6.07) is 5.64. The van der Waals surface area contributed by atoms with Crippen LogP contribution in [0, 0.1) is 12.3 Å². The van der Waals surface area contributed by atoms with Gasteiger partial charge in [0.1, 0.15) is 0 Å². The van der Waals surface area contributed by atoms with E-state index in [-0.39, 0.29) is 0 Å². The number of hydrogen-bond acceptors (Lipinski definition) is 4. The molecule has 1 rings (SSSR count). The van der Waals surface area contributed by atoms with Crippen molar-refractivity contribution in [2.24, 2.45) is 0 Å². The summed E-state index contributed by atoms with van der Waals surface area (Å²) >= 11 is 0. The molecule has 0 aliphatic carbocycles. The van der Waals surface area contributed by atoms with Gasteiger partial charge in [-0.2, -0.15) is 0 Å². The molecule has 0 fully saturated rings. The highest BCUT2D eigenvalue weighted by Gasteiger charge is 1.93. The Labute approximate surface area is 96.9 Å². The Morgan fingerprint density at radius 1 is 1.38 bits per heavy atom. The largest absolute Gasteiger partial charge is 0.471 e. The average Bonchev–Trinajstić information content (AvgIpc) is 2.35. The van der Waals surface area contributed by atoms with Crippen LogP contribution < -0.4 is 5.73 Å². The monoisotopic (exact) mass is 224 g/mol. The van der Waals surface area contributed by atoms with Gasteiger partial charge in [0.2, 0.25) is 0 Å². The van der Waals surface area contributed by atoms with E-state index in [4.69, 9.17) is 15.9 Å². The summed E-state index contributed by atoms with van der Waals surface area (Å²) in [6.45, 7) is 6.35. The summed E-state index contributed by atoms with van der Waals surface area (Å²) in [7, 11) is 1.31. The van der Waals surface area contributed by atoms with Gasteiger partial charge in [0.05, 0.1) is 7.11 Å². The predicted molar refractivity (Wildman–Crippen MR) is 67.9 cm³/mol. The third-order valence-electron chi connectivity index (χ3n) is 1.49. The van der Waals surface area contributed by atoms with Gasteiger partial charge in [-0.25, -0.2) is 0 Å². The van der Waals surface area contributed by atoms with Gasteiger partial charge in [0, 0.05) is 17.5 Å². The van der Waals surface area contributed by atoms with E-state index in [0.717, 1.165) is 11.1 Å². The molecule has 0 spiro atoms. The SMILES string of the molecule is CC.COC=O.Cc1ccc(N)c(C=N)c1. The molecule has 1 aromatic carbocycles. The smallest absolute Gasteiger partial charge is 0.292 e. The molecule has 4 nitrogen and oxygen atoms in total. The number of nitrogens with two attached hydrogens (primary N) is 1. The quantitative estimate of drug-likeness (QED) is 0.460. The molecule has 0 amide bonds. The van der Waals surface area contributed by atoms with Crippen LogP contribution in [0.15, 0.2) is 18.2 Å². The van der Waals surface area contributed by atoms with Crippen molar-refractivity contribution in [3.05, 3.63) is 29.3 Å². The first-order valence-corrected chi connectivity index (χ1v) is 4.98. The number of aryl methyl sites for hydroxylation is 1. The Kier molecular flexibility index (Phi) is 11.6. The van der Waals surface area contributed by atoms with Gasteiger partial charge in [-0.15, -0.1) is 0 Å². The van der Waals surface area contributed by atoms with Crippen LogP contribution >= 0.6 is 0 Å². The van der Waals surface area contributed by atoms with Crippen LogP contribution in [-0.4, -0.2) is 19.8 Å². The molecule has 0 aliphatic rings. The van der Waals surface area contributed by atoms with Crippen LogP contribution in [-0.2, 0) is 9.53 Å². The van der Waals surface area contributed by atoms with Crippen molar-refractivity contribution in [1.29, 1.82) is 5.41 Å². The highest BCUT2D eigenvalue weighted by molar-refractivity contribution is 5.84. The van der Waals surface area contributed by atoms with E-state index in [1.165, 1.54) is 13.3 Å². The zero-order chi connectivity index (χ0) is 13.0. The number of carbonyl (C=O) groups is 1. The molecular formula is C12H20N2O2. The molecule has 0 aromatic heterocycles. The number of benzene rings is 1. The number of anilines is 1. The van der Waals surface area contributed by atoms with Crippen molar-refractivity contribution < 1.29 is 9.53 Å². The summed E-state index contributed by atoms with van der Waals surface area (Å²) in [4.78, 5) is 8.95. The lowest BCUT2D eigenvalue weighted by Gasteiger charge is -1.98. The van der Waals surface area contributed by atoms with Crippen LogP contribution in [0.5, 0.6) is 0 Å². The summed E-state index contributed by atoms with van der Waals surface area (Å²) in [5.41, 5.74) is 8.14. The van der Waals surface area contributed by atoms with Crippen LogP contribution in [0.1, 0.15) is 25.0 Å². The summed E-state index contributed by atoms with van der Waals surface area (Å²) in [5, 5.41) is 6.98. The minimum atomic E-state index is 0.375. The van der Waals surface area contributed by atoms with Crippen LogP contribution in [0.2, 0.25) is 0 Å². The van der Waals surface area contributed by atoms with Gasteiger partial charge in [-0.05, 0) is 19.1 Å². The second-order valence-electron chi connectivity index (χ2n) is 2.61. The molecule has 0 aliphatic heterocycles. The van der Waals surface area contributed by atoms with Crippen molar-refractivity contribution in [1.82, 2.24) is 0 Å². The minimum absolute atomic E-state index is 0.375. The number of carbonyl (C=O) groups excluding carboxylic acids is 1. The highest BCUT2D eigenvalue weighted by atomic mass is 16.5. The second-order valence-corrected chi connectivity index (χ2v) is 2.61. The highest BCUT2D eigenvalue weighted by Crippen LogP contribution is 2.10. The molecule has 16 heavy (non-hydrogen) atoms. The molecule has 4 heteroatoms. The van der Waals surface area contributed by atoms with Gasteiger partial charge in [0.15, 0.2) is 0 Å². The fourth-order valence-corrected chi connectivity index (χ4v) is 0.819. The fourth-order valence-electron chi connectivity index (χ4n) is 0.819. The Bertz CT molecular complexity index is 312. The zero-order valence-electron chi connectivity index (χ0n) is 10.3. The van der Waals surface area contributed by atoms with Gasteiger partial charge in [-0.3, -0.25) is 4.79 Å². The van der Waals surface area contributed by atoms with Crippen LogP contribution in [0.3, 0.4) is 0 Å². The van der Waals surface area contributed by atoms with Gasteiger partial charge in [0.25, 0.3) is 6.47 Å². The topological polar surface area (TPSA) is 76.2 Å². The van der Waals surface area contributed by atoms with Crippen molar-refractivity contribution in [3.63, 3.8) is 0 Å². The fraction of sp³-hybridized carbons (Fsp3) is 0.333. The van der Waals surface area contributed by atoms with Gasteiger partial charge in [-0.1, -0.05) is 25.5 Å². The zero-order valence-corrected chi connectivity index (χ0v) is 10.3. The Morgan fingerprint density at radius 2 is 1.88 bits per heavy atom. The summed E-state index contributed by atoms with van der Waals surface area (Å²) < 4.78 is 3.86. The third-order valence-corrected chi connectivity index (χ3v) is 1.49. The number of hydrogen-bond donors (Lipinski definition) is 2. The summed E-state index contributed by atoms with van der Waals surface area (Å²) in [5.74, 6) is 0. The first-order chi connectivity index (χ1) is 7.65. The van der Waals surface area contributed by atoms with Crippen LogP contribution in [0.4, 0.5) is 5.69 Å². The first-order valence-electron chi connectivity index (χ1n) is 4.98. The molecule has 0 radical (unpaired) electrons. The maximum atomic E-state index is 8.95. The number of ether oxygens (including phenoxy) is 1. The molecule has 0 bridgehead atoms. The molecule has 3 N–H and O–H groups in total. The van der Waals surface area contributed by atoms with Gasteiger partial charge >= 0.3 is 0 Å². The maximum Gasteiger partial charge on any atom is 0.292 e. The normalized spacial score (nSPS) is 7.50. The van der Waals surface area contributed by atoms with Crippen molar-refractivity contribution in [2.75, 3.05) is 12.8 Å². The van der Waals surface area contributed by atoms with Gasteiger partial charge < -0.3 is 15.9 Å². The number of rotatable bonds is 2. The average molecular weight is 224 g/mol. The van der Waals surface area contributed by atoms with E-state index in [1.807, 2.05) is 39.0 Å². The standard InChI is InChI=1S/C8H10N2.C2H4O2.C2H6/c1-6-2-3-8(10)7(4-6)5-9;1-4-2-3;1-2/h2-5,9H,10H2,1H3;2H,1H3;1-2H3. The second kappa shape index (κ2) is 11.2. The van der Waals surface area contributed by atoms with Crippen molar-refractivity contribution in [3.8, 4) is 0 Å². The molecule has 90 valence electrons. The molecular weight excluding hydrogens is 204 g/mol. The molecule has 1 aromatic rings. The van der Waals surface area contributed by atoms with E-state index in [1.54, 1.807) is 0 Å². The molecule has 0 unspecified atom stereocenters. The lowest BCUT2D eigenvalue weighted by atomic mass is 10.1. The van der Waals surface area contributed by atoms with E-state index >= 15 is 0 Å². The minimum Gasteiger partial charge on any atom is -0.471 e. The first kappa shape index (κ1) is 16.6. The summed E-state index contributed by atoms with van der Waals surface area (Å²) in [6.07, 6.45) is 1.27. The van der Waals surface area contributed by atoms with E-state index in [2.05, 4.69) is 4.74 Å². The molecule has 0 saturated heterocycles. The maximum absolute atomic E-state index is 8.95. The molecule has 0 atom stereocenters. The Hall–Kier alpha value is -1.84. The van der Waals surface area contributed by atoms with E-state index < -0.39 is 0 Å². The van der Waals surface area contributed by atoms with Crippen molar-refractivity contribution >= 4 is 18.4 Å². The number of nitrogens with one attached hydrogen (secondary N) is 1. The lowest BCUT2D eigenvalue weighted by Crippen LogP contribution is -1.92. The Balaban J connectivity index is 0. The Morgan fingerprint density at radius 3 is 2.19 bits per heavy atom. The molecule has 0 saturated carbocycles. The third kappa shape index (κ3) is 7.55. The van der Waals surface area contributed by atoms with E-state index in [9.17, 15) is 0 Å². The lowest BCUT2D eigenvalue weighted by molar-refractivity contribution is -0.126.